The molecular formula is C21H19N3O3. The minimum atomic E-state index is -0.939. The van der Waals surface area contributed by atoms with E-state index in [0.717, 1.165) is 36.2 Å². The second-order valence-electron chi connectivity index (χ2n) is 6.56. The Balaban J connectivity index is 1.67. The molecule has 0 bridgehead atoms. The van der Waals surface area contributed by atoms with E-state index in [-0.39, 0.29) is 12.3 Å². The van der Waals surface area contributed by atoms with Crippen LogP contribution >= 0.6 is 0 Å². The highest BCUT2D eigenvalue weighted by Crippen LogP contribution is 2.28. The van der Waals surface area contributed by atoms with Gasteiger partial charge in [0, 0.05) is 16.9 Å². The van der Waals surface area contributed by atoms with Gasteiger partial charge >= 0.3 is 5.97 Å². The summed E-state index contributed by atoms with van der Waals surface area (Å²) in [4.78, 5) is 24.0. The molecule has 1 heterocycles. The summed E-state index contributed by atoms with van der Waals surface area (Å²) in [7, 11) is 0. The monoisotopic (exact) mass is 361 g/mol. The molecule has 3 aromatic rings. The minimum absolute atomic E-state index is 0.146. The van der Waals surface area contributed by atoms with Gasteiger partial charge in [-0.15, -0.1) is 0 Å². The zero-order valence-electron chi connectivity index (χ0n) is 14.7. The summed E-state index contributed by atoms with van der Waals surface area (Å²) in [6.45, 7) is 0. The van der Waals surface area contributed by atoms with E-state index in [9.17, 15) is 9.59 Å². The van der Waals surface area contributed by atoms with Crippen molar-refractivity contribution >= 4 is 17.6 Å². The van der Waals surface area contributed by atoms with E-state index in [1.165, 1.54) is 0 Å². The molecule has 136 valence electrons. The number of para-hydroxylation sites is 2. The first-order valence-electron chi connectivity index (χ1n) is 8.90. The second kappa shape index (κ2) is 7.07. The van der Waals surface area contributed by atoms with Gasteiger partial charge in [0.25, 0.3) is 5.91 Å². The number of rotatable bonds is 5. The molecule has 0 aliphatic heterocycles. The molecule has 1 amide bonds. The maximum absolute atomic E-state index is 12.9. The number of carbonyl (C=O) groups excluding carboxylic acids is 1. The molecule has 1 aliphatic rings. The number of hydrogen-bond acceptors (Lipinski definition) is 3. The first-order chi connectivity index (χ1) is 13.1. The number of carboxylic acid groups (broad SMARTS) is 1. The number of carbonyl (C=O) groups is 2. The van der Waals surface area contributed by atoms with E-state index >= 15 is 0 Å². The average Bonchev–Trinajstić information content (AvgIpc) is 3.26. The third kappa shape index (κ3) is 3.33. The molecule has 0 spiro atoms. The Kier molecular flexibility index (Phi) is 4.46. The van der Waals surface area contributed by atoms with Crippen molar-refractivity contribution in [3.05, 3.63) is 77.1 Å². The molecule has 6 heteroatoms. The SMILES string of the molecule is O=C(O)Cc1ccccc1NC(=O)c1nn(-c2ccccc2)c2c1CCC2. The van der Waals surface area contributed by atoms with Gasteiger partial charge < -0.3 is 10.4 Å². The van der Waals surface area contributed by atoms with Crippen LogP contribution in [0.5, 0.6) is 0 Å². The maximum atomic E-state index is 12.9. The highest BCUT2D eigenvalue weighted by atomic mass is 16.4. The van der Waals surface area contributed by atoms with E-state index in [1.54, 1.807) is 24.3 Å². The van der Waals surface area contributed by atoms with Crippen LogP contribution < -0.4 is 5.32 Å². The summed E-state index contributed by atoms with van der Waals surface area (Å²) in [5.41, 5.74) is 4.47. The van der Waals surface area contributed by atoms with Crippen LogP contribution in [-0.2, 0) is 24.1 Å². The molecule has 6 nitrogen and oxygen atoms in total. The van der Waals surface area contributed by atoms with E-state index in [1.807, 2.05) is 35.0 Å². The van der Waals surface area contributed by atoms with Gasteiger partial charge in [-0.2, -0.15) is 5.10 Å². The van der Waals surface area contributed by atoms with Crippen molar-refractivity contribution in [2.45, 2.75) is 25.7 Å². The molecule has 1 aliphatic carbocycles. The Morgan fingerprint density at radius 1 is 1.04 bits per heavy atom. The fraction of sp³-hybridized carbons (Fsp3) is 0.190. The van der Waals surface area contributed by atoms with Gasteiger partial charge in [-0.25, -0.2) is 4.68 Å². The third-order valence-electron chi connectivity index (χ3n) is 4.75. The number of nitrogens with one attached hydrogen (secondary N) is 1. The molecule has 2 N–H and O–H groups in total. The highest BCUT2D eigenvalue weighted by Gasteiger charge is 2.27. The highest BCUT2D eigenvalue weighted by molar-refractivity contribution is 6.04. The van der Waals surface area contributed by atoms with Crippen LogP contribution in [0.2, 0.25) is 0 Å². The number of amides is 1. The van der Waals surface area contributed by atoms with E-state index in [2.05, 4.69) is 10.4 Å². The molecule has 1 aromatic heterocycles. The predicted molar refractivity (Wildman–Crippen MR) is 101 cm³/mol. The van der Waals surface area contributed by atoms with Crippen LogP contribution in [0, 0.1) is 0 Å². The normalized spacial score (nSPS) is 12.6. The zero-order valence-corrected chi connectivity index (χ0v) is 14.7. The molecule has 2 aromatic carbocycles. The van der Waals surface area contributed by atoms with Crippen LogP contribution in [0.3, 0.4) is 0 Å². The molecule has 0 saturated heterocycles. The molecule has 0 saturated carbocycles. The van der Waals surface area contributed by atoms with Gasteiger partial charge in [-0.3, -0.25) is 9.59 Å². The maximum Gasteiger partial charge on any atom is 0.307 e. The number of nitrogens with zero attached hydrogens (tertiary/aromatic N) is 2. The lowest BCUT2D eigenvalue weighted by Gasteiger charge is -2.09. The Labute approximate surface area is 156 Å². The van der Waals surface area contributed by atoms with Crippen LogP contribution in [0.25, 0.3) is 5.69 Å². The van der Waals surface area contributed by atoms with Gasteiger partial charge in [0.1, 0.15) is 0 Å². The van der Waals surface area contributed by atoms with Crippen molar-refractivity contribution < 1.29 is 14.7 Å². The van der Waals surface area contributed by atoms with Gasteiger partial charge in [0.05, 0.1) is 12.1 Å². The summed E-state index contributed by atoms with van der Waals surface area (Å²) >= 11 is 0. The largest absolute Gasteiger partial charge is 0.481 e. The molecule has 27 heavy (non-hydrogen) atoms. The fourth-order valence-electron chi connectivity index (χ4n) is 3.54. The van der Waals surface area contributed by atoms with E-state index in [0.29, 0.717) is 16.9 Å². The van der Waals surface area contributed by atoms with Crippen molar-refractivity contribution in [3.8, 4) is 5.69 Å². The molecular weight excluding hydrogens is 342 g/mol. The van der Waals surface area contributed by atoms with Crippen molar-refractivity contribution in [1.29, 1.82) is 0 Å². The minimum Gasteiger partial charge on any atom is -0.481 e. The summed E-state index contributed by atoms with van der Waals surface area (Å²) < 4.78 is 1.85. The number of benzene rings is 2. The second-order valence-corrected chi connectivity index (χ2v) is 6.56. The van der Waals surface area contributed by atoms with Gasteiger partial charge in [0.15, 0.2) is 5.69 Å². The topological polar surface area (TPSA) is 84.2 Å². The molecule has 4 rings (SSSR count). The standard InChI is InChI=1S/C21H19N3O3/c25-19(26)13-14-7-4-5-11-17(14)22-21(27)20-16-10-6-12-18(16)24(23-20)15-8-2-1-3-9-15/h1-5,7-9,11H,6,10,12-13H2,(H,22,27)(H,25,26). The Hall–Kier alpha value is -3.41. The Morgan fingerprint density at radius 2 is 1.78 bits per heavy atom. The zero-order chi connectivity index (χ0) is 18.8. The van der Waals surface area contributed by atoms with Gasteiger partial charge in [-0.05, 0) is 43.0 Å². The number of aromatic nitrogens is 2. The summed E-state index contributed by atoms with van der Waals surface area (Å²) in [6, 6.07) is 16.7. The number of fused-ring (bicyclic) bond motifs is 1. The Morgan fingerprint density at radius 3 is 2.56 bits per heavy atom. The molecule has 0 unspecified atom stereocenters. The molecule has 0 fully saturated rings. The van der Waals surface area contributed by atoms with Crippen LogP contribution in [0.15, 0.2) is 54.6 Å². The summed E-state index contributed by atoms with van der Waals surface area (Å²) in [5.74, 6) is -1.24. The fourth-order valence-corrected chi connectivity index (χ4v) is 3.54. The molecule has 0 radical (unpaired) electrons. The summed E-state index contributed by atoms with van der Waals surface area (Å²) in [5, 5.41) is 16.5. The van der Waals surface area contributed by atoms with Crippen molar-refractivity contribution in [3.63, 3.8) is 0 Å². The van der Waals surface area contributed by atoms with Crippen molar-refractivity contribution in [2.75, 3.05) is 5.32 Å². The quantitative estimate of drug-likeness (QED) is 0.731. The van der Waals surface area contributed by atoms with Crippen molar-refractivity contribution in [1.82, 2.24) is 9.78 Å². The number of aliphatic carboxylic acids is 1. The number of anilines is 1. The first kappa shape index (κ1) is 17.0. The van der Waals surface area contributed by atoms with E-state index in [4.69, 9.17) is 5.11 Å². The number of carboxylic acids is 1. The van der Waals surface area contributed by atoms with Crippen molar-refractivity contribution in [2.24, 2.45) is 0 Å². The van der Waals surface area contributed by atoms with Crippen LogP contribution in [-0.4, -0.2) is 26.8 Å². The smallest absolute Gasteiger partial charge is 0.307 e. The van der Waals surface area contributed by atoms with Crippen LogP contribution in [0.1, 0.15) is 33.7 Å². The Bertz CT molecular complexity index is 1010. The first-order valence-corrected chi connectivity index (χ1v) is 8.90. The average molecular weight is 361 g/mol. The van der Waals surface area contributed by atoms with Gasteiger partial charge in [-0.1, -0.05) is 36.4 Å². The van der Waals surface area contributed by atoms with E-state index < -0.39 is 5.97 Å². The predicted octanol–water partition coefficient (Wildman–Crippen LogP) is 3.24. The lowest BCUT2D eigenvalue weighted by molar-refractivity contribution is -0.136. The van der Waals surface area contributed by atoms with Crippen LogP contribution in [0.4, 0.5) is 5.69 Å². The molecule has 0 atom stereocenters. The lowest BCUT2D eigenvalue weighted by atomic mass is 10.1. The third-order valence-corrected chi connectivity index (χ3v) is 4.75. The lowest BCUT2D eigenvalue weighted by Crippen LogP contribution is -2.16. The van der Waals surface area contributed by atoms with Gasteiger partial charge in [0.2, 0.25) is 0 Å². The number of hydrogen-bond donors (Lipinski definition) is 2. The summed E-state index contributed by atoms with van der Waals surface area (Å²) in [6.07, 6.45) is 2.56.